The summed E-state index contributed by atoms with van der Waals surface area (Å²) in [5.41, 5.74) is 0. The zero-order valence-electron chi connectivity index (χ0n) is 7.22. The fraction of sp³-hybridized carbons (Fsp3) is 1.00. The lowest BCUT2D eigenvalue weighted by atomic mass is 10.1. The molecule has 0 spiro atoms. The lowest BCUT2D eigenvalue weighted by Crippen LogP contribution is -2.57. The van der Waals surface area contributed by atoms with Gasteiger partial charge in [-0.15, -0.1) is 0 Å². The predicted octanol–water partition coefficient (Wildman–Crippen LogP) is 0.171. The molecular formula is C7H15NO2S. The Bertz CT molecular complexity index is 243. The first kappa shape index (κ1) is 9.00. The van der Waals surface area contributed by atoms with Gasteiger partial charge in [0, 0.05) is 12.6 Å². The maximum absolute atomic E-state index is 11.5. The van der Waals surface area contributed by atoms with Crippen LogP contribution in [0.25, 0.3) is 0 Å². The summed E-state index contributed by atoms with van der Waals surface area (Å²) in [7, 11) is -2.87. The van der Waals surface area contributed by atoms with Crippen molar-refractivity contribution >= 4 is 9.84 Å². The van der Waals surface area contributed by atoms with E-state index in [9.17, 15) is 8.42 Å². The van der Waals surface area contributed by atoms with E-state index < -0.39 is 14.6 Å². The minimum atomic E-state index is -2.87. The molecule has 1 fully saturated rings. The zero-order valence-corrected chi connectivity index (χ0v) is 8.03. The van der Waals surface area contributed by atoms with Crippen molar-refractivity contribution in [3.8, 4) is 0 Å². The van der Waals surface area contributed by atoms with E-state index in [1.807, 2.05) is 6.92 Å². The molecule has 0 bridgehead atoms. The highest BCUT2D eigenvalue weighted by Crippen LogP contribution is 2.24. The molecule has 11 heavy (non-hydrogen) atoms. The van der Waals surface area contributed by atoms with E-state index in [2.05, 4.69) is 5.32 Å². The lowest BCUT2D eigenvalue weighted by Gasteiger charge is -2.36. The van der Waals surface area contributed by atoms with Crippen molar-refractivity contribution in [1.82, 2.24) is 5.32 Å². The first-order chi connectivity index (χ1) is 4.88. The van der Waals surface area contributed by atoms with E-state index in [-0.39, 0.29) is 11.8 Å². The van der Waals surface area contributed by atoms with Crippen LogP contribution in [0.2, 0.25) is 0 Å². The van der Waals surface area contributed by atoms with Crippen LogP contribution >= 0.6 is 0 Å². The highest BCUT2D eigenvalue weighted by atomic mass is 32.2. The Morgan fingerprint density at radius 1 is 1.45 bits per heavy atom. The smallest absolute Gasteiger partial charge is 0.158 e. The van der Waals surface area contributed by atoms with E-state index in [0.717, 1.165) is 0 Å². The van der Waals surface area contributed by atoms with Gasteiger partial charge in [-0.1, -0.05) is 0 Å². The average Bonchev–Trinajstić information content (AvgIpc) is 1.84. The quantitative estimate of drug-likeness (QED) is 0.574. The summed E-state index contributed by atoms with van der Waals surface area (Å²) in [4.78, 5) is 0. The summed E-state index contributed by atoms with van der Waals surface area (Å²) in [5, 5.41) is 3.15. The molecule has 1 rings (SSSR count). The number of sulfone groups is 1. The Labute approximate surface area is 68.1 Å². The largest absolute Gasteiger partial charge is 0.312 e. The second-order valence-electron chi connectivity index (χ2n) is 3.60. The van der Waals surface area contributed by atoms with E-state index in [0.29, 0.717) is 6.54 Å². The van der Waals surface area contributed by atoms with Crippen molar-refractivity contribution in [1.29, 1.82) is 0 Å². The van der Waals surface area contributed by atoms with Gasteiger partial charge in [0.05, 0.1) is 10.5 Å². The standard InChI is InChI=1S/C7H15NO2S/c1-6-7(2,3)11(9,10)5-4-8-6/h6,8H,4-5H2,1-3H3. The van der Waals surface area contributed by atoms with Gasteiger partial charge >= 0.3 is 0 Å². The molecule has 0 amide bonds. The second-order valence-corrected chi connectivity index (χ2v) is 6.29. The molecule has 0 saturated carbocycles. The fourth-order valence-corrected chi connectivity index (χ4v) is 2.72. The van der Waals surface area contributed by atoms with Crippen LogP contribution in [0.3, 0.4) is 0 Å². The van der Waals surface area contributed by atoms with Crippen LogP contribution < -0.4 is 5.32 Å². The molecule has 0 radical (unpaired) electrons. The van der Waals surface area contributed by atoms with Crippen molar-refractivity contribution < 1.29 is 8.42 Å². The zero-order chi connectivity index (χ0) is 8.70. The minimum absolute atomic E-state index is 0.0567. The normalized spacial score (nSPS) is 35.0. The summed E-state index contributed by atoms with van der Waals surface area (Å²) >= 11 is 0. The third kappa shape index (κ3) is 1.29. The first-order valence-electron chi connectivity index (χ1n) is 3.83. The molecule has 1 heterocycles. The van der Waals surface area contributed by atoms with Crippen molar-refractivity contribution in [3.05, 3.63) is 0 Å². The molecule has 1 aliphatic heterocycles. The van der Waals surface area contributed by atoms with Crippen LogP contribution in [-0.4, -0.2) is 31.5 Å². The highest BCUT2D eigenvalue weighted by molar-refractivity contribution is 7.92. The molecule has 0 aliphatic carbocycles. The van der Waals surface area contributed by atoms with Crippen molar-refractivity contribution in [3.63, 3.8) is 0 Å². The first-order valence-corrected chi connectivity index (χ1v) is 5.49. The van der Waals surface area contributed by atoms with Crippen molar-refractivity contribution in [2.75, 3.05) is 12.3 Å². The number of hydrogen-bond acceptors (Lipinski definition) is 3. The SMILES string of the molecule is CC1NCCS(=O)(=O)C1(C)C. The van der Waals surface area contributed by atoms with Gasteiger partial charge in [-0.2, -0.15) is 0 Å². The molecule has 1 unspecified atom stereocenters. The molecule has 1 saturated heterocycles. The number of nitrogens with one attached hydrogen (secondary N) is 1. The summed E-state index contributed by atoms with van der Waals surface area (Å²) in [6.45, 7) is 6.06. The Morgan fingerprint density at radius 3 is 2.36 bits per heavy atom. The van der Waals surface area contributed by atoms with Crippen molar-refractivity contribution in [2.24, 2.45) is 0 Å². The van der Waals surface area contributed by atoms with Crippen LogP contribution in [0.1, 0.15) is 20.8 Å². The summed E-state index contributed by atoms with van der Waals surface area (Å²) in [6, 6.07) is 0.0567. The van der Waals surface area contributed by atoms with Crippen LogP contribution in [0, 0.1) is 0 Å². The lowest BCUT2D eigenvalue weighted by molar-refractivity contribution is 0.416. The van der Waals surface area contributed by atoms with Gasteiger partial charge in [0.2, 0.25) is 0 Å². The Morgan fingerprint density at radius 2 is 2.00 bits per heavy atom. The molecule has 1 atom stereocenters. The molecule has 0 aromatic heterocycles. The monoisotopic (exact) mass is 177 g/mol. The van der Waals surface area contributed by atoms with E-state index >= 15 is 0 Å². The van der Waals surface area contributed by atoms with Gasteiger partial charge in [-0.3, -0.25) is 0 Å². The maximum atomic E-state index is 11.5. The summed E-state index contributed by atoms with van der Waals surface area (Å²) in [6.07, 6.45) is 0. The molecule has 3 nitrogen and oxygen atoms in total. The third-order valence-corrected chi connectivity index (χ3v) is 5.36. The van der Waals surface area contributed by atoms with Gasteiger partial charge in [0.1, 0.15) is 0 Å². The maximum Gasteiger partial charge on any atom is 0.158 e. The summed E-state index contributed by atoms with van der Waals surface area (Å²) in [5.74, 6) is 0.268. The molecular weight excluding hydrogens is 162 g/mol. The predicted molar refractivity (Wildman–Crippen MR) is 45.3 cm³/mol. The molecule has 0 aromatic rings. The van der Waals surface area contributed by atoms with E-state index in [4.69, 9.17) is 0 Å². The average molecular weight is 177 g/mol. The number of rotatable bonds is 0. The van der Waals surface area contributed by atoms with Crippen LogP contribution in [0.5, 0.6) is 0 Å². The van der Waals surface area contributed by atoms with Gasteiger partial charge in [-0.05, 0) is 20.8 Å². The summed E-state index contributed by atoms with van der Waals surface area (Å²) < 4.78 is 22.3. The Kier molecular flexibility index (Phi) is 2.01. The van der Waals surface area contributed by atoms with Gasteiger partial charge < -0.3 is 5.32 Å². The topological polar surface area (TPSA) is 46.2 Å². The Hall–Kier alpha value is -0.0900. The molecule has 4 heteroatoms. The van der Waals surface area contributed by atoms with Gasteiger partial charge in [0.25, 0.3) is 0 Å². The van der Waals surface area contributed by atoms with E-state index in [1.165, 1.54) is 0 Å². The molecule has 1 aliphatic rings. The fourth-order valence-electron chi connectivity index (χ4n) is 1.19. The minimum Gasteiger partial charge on any atom is -0.312 e. The van der Waals surface area contributed by atoms with Gasteiger partial charge in [0.15, 0.2) is 9.84 Å². The van der Waals surface area contributed by atoms with Crippen LogP contribution in [0.15, 0.2) is 0 Å². The third-order valence-electron chi connectivity index (χ3n) is 2.67. The second kappa shape index (κ2) is 2.45. The van der Waals surface area contributed by atoms with Gasteiger partial charge in [-0.25, -0.2) is 8.42 Å². The van der Waals surface area contributed by atoms with Crippen molar-refractivity contribution in [2.45, 2.75) is 31.6 Å². The highest BCUT2D eigenvalue weighted by Gasteiger charge is 2.41. The van der Waals surface area contributed by atoms with E-state index in [1.54, 1.807) is 13.8 Å². The van der Waals surface area contributed by atoms with Crippen LogP contribution in [0.4, 0.5) is 0 Å². The van der Waals surface area contributed by atoms with Crippen LogP contribution in [-0.2, 0) is 9.84 Å². The Balaban J connectivity index is 3.01. The molecule has 66 valence electrons. The molecule has 1 N–H and O–H groups in total. The molecule has 0 aromatic carbocycles. The number of hydrogen-bond donors (Lipinski definition) is 1.